The molecule has 0 aromatic heterocycles. The van der Waals surface area contributed by atoms with E-state index < -0.39 is 23.8 Å². The highest BCUT2D eigenvalue weighted by Crippen LogP contribution is 2.48. The van der Waals surface area contributed by atoms with Crippen LogP contribution in [-0.4, -0.2) is 41.0 Å². The predicted molar refractivity (Wildman–Crippen MR) is 90.9 cm³/mol. The van der Waals surface area contributed by atoms with Crippen molar-refractivity contribution in [1.29, 1.82) is 0 Å². The zero-order valence-electron chi connectivity index (χ0n) is 15.0. The van der Waals surface area contributed by atoms with E-state index in [0.717, 1.165) is 29.0 Å². The summed E-state index contributed by atoms with van der Waals surface area (Å²) in [6, 6.07) is 5.56. The number of nitrogens with one attached hydrogen (secondary N) is 1. The molecule has 138 valence electrons. The molecule has 3 saturated heterocycles. The maximum absolute atomic E-state index is 12.6. The molecule has 1 aromatic rings. The lowest BCUT2D eigenvalue weighted by atomic mass is 9.81. The van der Waals surface area contributed by atoms with Crippen LogP contribution < -0.4 is 10.2 Å². The number of nitrogens with zero attached hydrogens (tertiary/aromatic N) is 1. The number of hydrogen-bond donors (Lipinski definition) is 1. The number of rotatable bonds is 4. The van der Waals surface area contributed by atoms with Gasteiger partial charge in [-0.2, -0.15) is 5.01 Å². The normalized spacial score (nSPS) is 30.5. The molecule has 26 heavy (non-hydrogen) atoms. The minimum Gasteiger partial charge on any atom is -0.481 e. The second kappa shape index (κ2) is 6.09. The molecule has 3 amide bonds. The van der Waals surface area contributed by atoms with Crippen LogP contribution in [0.25, 0.3) is 0 Å². The summed E-state index contributed by atoms with van der Waals surface area (Å²) in [5, 5.41) is 0.867. The van der Waals surface area contributed by atoms with E-state index in [9.17, 15) is 14.4 Å². The lowest BCUT2D eigenvalue weighted by molar-refractivity contribution is -0.153. The number of amides is 3. The highest BCUT2D eigenvalue weighted by molar-refractivity contribution is 6.07. The van der Waals surface area contributed by atoms with Gasteiger partial charge in [-0.05, 0) is 56.9 Å². The van der Waals surface area contributed by atoms with Gasteiger partial charge in [-0.15, -0.1) is 0 Å². The van der Waals surface area contributed by atoms with Crippen molar-refractivity contribution in [2.45, 2.75) is 51.9 Å². The van der Waals surface area contributed by atoms with E-state index in [4.69, 9.17) is 9.47 Å². The van der Waals surface area contributed by atoms with Crippen molar-refractivity contribution < 1.29 is 23.9 Å². The Kier molecular flexibility index (Phi) is 3.99. The summed E-state index contributed by atoms with van der Waals surface area (Å²) >= 11 is 0. The summed E-state index contributed by atoms with van der Waals surface area (Å²) in [6.45, 7) is 5.54. The molecule has 1 aromatic carbocycles. The van der Waals surface area contributed by atoms with Gasteiger partial charge in [-0.25, -0.2) is 0 Å². The Morgan fingerprint density at radius 1 is 1.15 bits per heavy atom. The van der Waals surface area contributed by atoms with E-state index in [-0.39, 0.29) is 24.0 Å². The number of hydrogen-bond acceptors (Lipinski definition) is 5. The predicted octanol–water partition coefficient (Wildman–Crippen LogP) is 1.26. The molecule has 3 aliphatic heterocycles. The monoisotopic (exact) mass is 358 g/mol. The van der Waals surface area contributed by atoms with Crippen LogP contribution in [0.1, 0.15) is 30.9 Å². The topological polar surface area (TPSA) is 84.9 Å². The number of carbonyl (C=O) groups is 3. The Balaban J connectivity index is 1.42. The Morgan fingerprint density at radius 2 is 1.77 bits per heavy atom. The molecule has 0 saturated carbocycles. The van der Waals surface area contributed by atoms with E-state index in [1.165, 1.54) is 0 Å². The Hall–Kier alpha value is -2.41. The fourth-order valence-corrected chi connectivity index (χ4v) is 4.07. The van der Waals surface area contributed by atoms with Gasteiger partial charge in [0, 0.05) is 0 Å². The van der Waals surface area contributed by atoms with Crippen LogP contribution in [0.2, 0.25) is 0 Å². The summed E-state index contributed by atoms with van der Waals surface area (Å²) in [5.74, 6) is -1.63. The lowest BCUT2D eigenvalue weighted by Crippen LogP contribution is -2.51. The van der Waals surface area contributed by atoms with Crippen molar-refractivity contribution in [1.82, 2.24) is 10.4 Å². The summed E-state index contributed by atoms with van der Waals surface area (Å²) in [4.78, 5) is 37.5. The van der Waals surface area contributed by atoms with Gasteiger partial charge in [0.05, 0.1) is 24.0 Å². The molecule has 5 atom stereocenters. The highest BCUT2D eigenvalue weighted by atomic mass is 16.5. The molecule has 0 radical (unpaired) electrons. The summed E-state index contributed by atoms with van der Waals surface area (Å²) in [7, 11) is 0. The molecule has 0 aliphatic carbocycles. The van der Waals surface area contributed by atoms with Crippen molar-refractivity contribution in [3.8, 4) is 5.75 Å². The number of fused-ring (bicyclic) bond motifs is 5. The van der Waals surface area contributed by atoms with E-state index in [1.807, 2.05) is 26.0 Å². The average Bonchev–Trinajstić information content (AvgIpc) is 3.28. The molecule has 3 aliphatic rings. The molecule has 3 heterocycles. The second-order valence-electron chi connectivity index (χ2n) is 7.34. The van der Waals surface area contributed by atoms with Crippen LogP contribution in [0.15, 0.2) is 18.2 Å². The van der Waals surface area contributed by atoms with Crippen LogP contribution in [0.3, 0.4) is 0 Å². The first-order valence-electron chi connectivity index (χ1n) is 8.94. The Morgan fingerprint density at radius 3 is 2.35 bits per heavy atom. The molecule has 0 spiro atoms. The SMILES string of the molecule is Cc1ccc(O[C@H](C)C(=O)NN2C(=O)[C@@H]3[C@H](C2=O)[C@@H]2CC[C@@H]3O2)cc1C. The number of benzene rings is 1. The third-order valence-electron chi connectivity index (χ3n) is 5.67. The average molecular weight is 358 g/mol. The van der Waals surface area contributed by atoms with Gasteiger partial charge in [-0.3, -0.25) is 19.8 Å². The first kappa shape index (κ1) is 17.0. The van der Waals surface area contributed by atoms with Crippen molar-refractivity contribution >= 4 is 17.7 Å². The van der Waals surface area contributed by atoms with E-state index in [2.05, 4.69) is 5.43 Å². The van der Waals surface area contributed by atoms with Gasteiger partial charge in [0.2, 0.25) is 0 Å². The highest BCUT2D eigenvalue weighted by Gasteiger charge is 2.63. The number of aryl methyl sites for hydroxylation is 2. The van der Waals surface area contributed by atoms with Gasteiger partial charge >= 0.3 is 0 Å². The van der Waals surface area contributed by atoms with Crippen molar-refractivity contribution in [2.24, 2.45) is 11.8 Å². The minimum atomic E-state index is -0.842. The van der Waals surface area contributed by atoms with E-state index in [1.54, 1.807) is 13.0 Å². The third-order valence-corrected chi connectivity index (χ3v) is 5.67. The lowest BCUT2D eigenvalue weighted by Gasteiger charge is -2.21. The van der Waals surface area contributed by atoms with Crippen LogP contribution in [0, 0.1) is 25.7 Å². The van der Waals surface area contributed by atoms with Crippen LogP contribution >= 0.6 is 0 Å². The molecule has 2 bridgehead atoms. The van der Waals surface area contributed by atoms with E-state index in [0.29, 0.717) is 5.75 Å². The quantitative estimate of drug-likeness (QED) is 0.819. The Bertz CT molecular complexity index is 764. The summed E-state index contributed by atoms with van der Waals surface area (Å²) in [5.41, 5.74) is 4.63. The molecule has 0 unspecified atom stereocenters. The molecule has 4 rings (SSSR count). The Labute approximate surface area is 151 Å². The smallest absolute Gasteiger partial charge is 0.279 e. The third kappa shape index (κ3) is 2.58. The van der Waals surface area contributed by atoms with Gasteiger partial charge in [-0.1, -0.05) is 6.07 Å². The zero-order chi connectivity index (χ0) is 18.6. The van der Waals surface area contributed by atoms with Gasteiger partial charge < -0.3 is 9.47 Å². The fraction of sp³-hybridized carbons (Fsp3) is 0.526. The number of carbonyl (C=O) groups excluding carboxylic acids is 3. The van der Waals surface area contributed by atoms with Crippen molar-refractivity contribution in [3.63, 3.8) is 0 Å². The standard InChI is InChI=1S/C19H22N2O5/c1-9-4-5-12(8-10(9)2)25-11(3)17(22)20-21-18(23)15-13-6-7-14(26-13)16(15)19(21)24/h4-5,8,11,13-16H,6-7H2,1-3H3,(H,20,22)/t11-,13+,14+,15-,16+/m1/s1. The largest absolute Gasteiger partial charge is 0.481 e. The molecule has 7 heteroatoms. The first-order valence-corrected chi connectivity index (χ1v) is 8.94. The van der Waals surface area contributed by atoms with Gasteiger partial charge in [0.15, 0.2) is 6.10 Å². The number of ether oxygens (including phenoxy) is 2. The number of imide groups is 1. The molecular weight excluding hydrogens is 336 g/mol. The maximum Gasteiger partial charge on any atom is 0.279 e. The van der Waals surface area contributed by atoms with E-state index >= 15 is 0 Å². The van der Waals surface area contributed by atoms with Crippen LogP contribution in [0.4, 0.5) is 0 Å². The van der Waals surface area contributed by atoms with Crippen LogP contribution in [0.5, 0.6) is 5.75 Å². The van der Waals surface area contributed by atoms with Crippen molar-refractivity contribution in [2.75, 3.05) is 0 Å². The summed E-state index contributed by atoms with van der Waals surface area (Å²) < 4.78 is 11.3. The van der Waals surface area contributed by atoms with Crippen LogP contribution in [-0.2, 0) is 19.1 Å². The minimum absolute atomic E-state index is 0.201. The summed E-state index contributed by atoms with van der Waals surface area (Å²) in [6.07, 6.45) is 0.337. The molecular formula is C19H22N2O5. The fourth-order valence-electron chi connectivity index (χ4n) is 4.07. The van der Waals surface area contributed by atoms with Gasteiger partial charge in [0.25, 0.3) is 17.7 Å². The number of hydrazine groups is 1. The first-order chi connectivity index (χ1) is 12.4. The maximum atomic E-state index is 12.6. The molecule has 7 nitrogen and oxygen atoms in total. The molecule has 1 N–H and O–H groups in total. The zero-order valence-corrected chi connectivity index (χ0v) is 15.0. The molecule has 3 fully saturated rings. The van der Waals surface area contributed by atoms with Gasteiger partial charge in [0.1, 0.15) is 5.75 Å². The van der Waals surface area contributed by atoms with Crippen molar-refractivity contribution in [3.05, 3.63) is 29.3 Å². The second-order valence-corrected chi connectivity index (χ2v) is 7.34.